The van der Waals surface area contributed by atoms with Crippen LogP contribution in [0.2, 0.25) is 0 Å². The van der Waals surface area contributed by atoms with Crippen LogP contribution < -0.4 is 5.32 Å². The smallest absolute Gasteiger partial charge is 0.223 e. The highest BCUT2D eigenvalue weighted by molar-refractivity contribution is 5.93. The Hall–Kier alpha value is -4.13. The van der Waals surface area contributed by atoms with Crippen LogP contribution in [-0.2, 0) is 6.54 Å². The Bertz CT molecular complexity index is 1250. The highest BCUT2D eigenvalue weighted by Gasteiger charge is 2.13. The Morgan fingerprint density at radius 2 is 1.76 bits per heavy atom. The molecule has 0 amide bonds. The number of hydrogen-bond donors (Lipinski definition) is 1. The minimum Gasteiger partial charge on any atom is -0.353 e. The first-order valence-electron chi connectivity index (χ1n) is 9.14. The number of aromatic nitrogens is 5. The number of nitrogens with zero attached hydrogens (tertiary/aromatic N) is 5. The Balaban J connectivity index is 1.46. The summed E-state index contributed by atoms with van der Waals surface area (Å²) in [6.07, 6.45) is 4.91. The standard InChI is InChI=1S/C22H16N6O/c1-2-4-15(5-3-1)13-25-22-24-11-9-18(27-22)16-6-7-19-17(12-16)21(29-28-19)20-8-10-23-14-26-20/h1-12,14H,13H2,(H,24,25,27). The lowest BCUT2D eigenvalue weighted by Gasteiger charge is -2.07. The van der Waals surface area contributed by atoms with Gasteiger partial charge in [-0.25, -0.2) is 19.9 Å². The first-order chi connectivity index (χ1) is 14.4. The van der Waals surface area contributed by atoms with Crippen molar-refractivity contribution in [2.75, 3.05) is 5.32 Å². The third-order valence-corrected chi connectivity index (χ3v) is 4.54. The average molecular weight is 380 g/mol. The largest absolute Gasteiger partial charge is 0.353 e. The van der Waals surface area contributed by atoms with E-state index < -0.39 is 0 Å². The van der Waals surface area contributed by atoms with Crippen LogP contribution in [0.25, 0.3) is 33.6 Å². The summed E-state index contributed by atoms with van der Waals surface area (Å²) in [5, 5.41) is 8.27. The zero-order chi connectivity index (χ0) is 19.5. The van der Waals surface area contributed by atoms with Gasteiger partial charge >= 0.3 is 0 Å². The summed E-state index contributed by atoms with van der Waals surface area (Å²) >= 11 is 0. The van der Waals surface area contributed by atoms with Crippen molar-refractivity contribution in [3.05, 3.63) is 84.9 Å². The van der Waals surface area contributed by atoms with E-state index in [2.05, 4.69) is 42.5 Å². The van der Waals surface area contributed by atoms with Gasteiger partial charge < -0.3 is 9.84 Å². The lowest BCUT2D eigenvalue weighted by molar-refractivity contribution is 0.439. The molecule has 0 radical (unpaired) electrons. The van der Waals surface area contributed by atoms with Crippen LogP contribution in [0.3, 0.4) is 0 Å². The van der Waals surface area contributed by atoms with Crippen LogP contribution in [0.1, 0.15) is 5.56 Å². The van der Waals surface area contributed by atoms with Crippen molar-refractivity contribution in [2.45, 2.75) is 6.54 Å². The van der Waals surface area contributed by atoms with Gasteiger partial charge in [0, 0.05) is 24.5 Å². The predicted octanol–water partition coefficient (Wildman–Crippen LogP) is 4.35. The summed E-state index contributed by atoms with van der Waals surface area (Å²) in [5.74, 6) is 1.19. The van der Waals surface area contributed by atoms with Gasteiger partial charge in [-0.2, -0.15) is 0 Å². The lowest BCUT2D eigenvalue weighted by Crippen LogP contribution is -2.03. The zero-order valence-electron chi connectivity index (χ0n) is 15.4. The molecule has 140 valence electrons. The van der Waals surface area contributed by atoms with Gasteiger partial charge in [0.05, 0.1) is 11.1 Å². The van der Waals surface area contributed by atoms with Crippen LogP contribution in [0.5, 0.6) is 0 Å². The minimum atomic E-state index is 0.577. The average Bonchev–Trinajstić information content (AvgIpc) is 3.22. The second-order valence-electron chi connectivity index (χ2n) is 6.44. The van der Waals surface area contributed by atoms with E-state index in [9.17, 15) is 0 Å². The van der Waals surface area contributed by atoms with E-state index in [1.54, 1.807) is 18.5 Å². The number of fused-ring (bicyclic) bond motifs is 1. The molecule has 7 nitrogen and oxygen atoms in total. The molecular formula is C22H16N6O. The molecule has 0 saturated heterocycles. The van der Waals surface area contributed by atoms with Crippen LogP contribution in [0.15, 0.2) is 83.9 Å². The molecule has 0 saturated carbocycles. The molecule has 29 heavy (non-hydrogen) atoms. The molecule has 0 aliphatic rings. The topological polar surface area (TPSA) is 89.6 Å². The number of hydrogen-bond acceptors (Lipinski definition) is 7. The molecule has 2 aromatic carbocycles. The van der Waals surface area contributed by atoms with E-state index in [4.69, 9.17) is 4.52 Å². The molecule has 5 rings (SSSR count). The molecule has 0 unspecified atom stereocenters. The van der Waals surface area contributed by atoms with Crippen molar-refractivity contribution in [3.8, 4) is 22.7 Å². The maximum absolute atomic E-state index is 5.52. The van der Waals surface area contributed by atoms with Gasteiger partial charge in [0.1, 0.15) is 17.5 Å². The monoisotopic (exact) mass is 380 g/mol. The van der Waals surface area contributed by atoms with Crippen molar-refractivity contribution >= 4 is 16.9 Å². The molecule has 3 aromatic heterocycles. The minimum absolute atomic E-state index is 0.577. The van der Waals surface area contributed by atoms with E-state index in [0.717, 1.165) is 22.2 Å². The SMILES string of the molecule is c1ccc(CNc2nccc(-c3ccc4noc(-c5ccncn5)c4c3)n2)cc1. The molecule has 0 aliphatic carbocycles. The first kappa shape index (κ1) is 17.0. The Kier molecular flexibility index (Phi) is 4.38. The first-order valence-corrected chi connectivity index (χ1v) is 9.14. The quantitative estimate of drug-likeness (QED) is 0.485. The maximum atomic E-state index is 5.52. The fourth-order valence-electron chi connectivity index (χ4n) is 3.09. The highest BCUT2D eigenvalue weighted by Crippen LogP contribution is 2.30. The van der Waals surface area contributed by atoms with Crippen molar-refractivity contribution in [1.82, 2.24) is 25.1 Å². The zero-order valence-corrected chi connectivity index (χ0v) is 15.4. The summed E-state index contributed by atoms with van der Waals surface area (Å²) in [7, 11) is 0. The van der Waals surface area contributed by atoms with Crippen LogP contribution in [0.4, 0.5) is 5.95 Å². The number of anilines is 1. The van der Waals surface area contributed by atoms with Crippen LogP contribution >= 0.6 is 0 Å². The van der Waals surface area contributed by atoms with Gasteiger partial charge in [-0.3, -0.25) is 0 Å². The molecule has 0 aliphatic heterocycles. The number of nitrogens with one attached hydrogen (secondary N) is 1. The summed E-state index contributed by atoms with van der Waals surface area (Å²) < 4.78 is 5.52. The highest BCUT2D eigenvalue weighted by atomic mass is 16.5. The lowest BCUT2D eigenvalue weighted by atomic mass is 10.1. The molecule has 0 atom stereocenters. The molecule has 0 fully saturated rings. The predicted molar refractivity (Wildman–Crippen MR) is 110 cm³/mol. The second-order valence-corrected chi connectivity index (χ2v) is 6.44. The maximum Gasteiger partial charge on any atom is 0.223 e. The van der Waals surface area contributed by atoms with Crippen molar-refractivity contribution < 1.29 is 4.52 Å². The van der Waals surface area contributed by atoms with Gasteiger partial charge in [0.15, 0.2) is 5.76 Å². The van der Waals surface area contributed by atoms with E-state index >= 15 is 0 Å². The Morgan fingerprint density at radius 1 is 0.862 bits per heavy atom. The molecular weight excluding hydrogens is 364 g/mol. The van der Waals surface area contributed by atoms with Gasteiger partial charge in [-0.15, -0.1) is 0 Å². The third-order valence-electron chi connectivity index (χ3n) is 4.54. The van der Waals surface area contributed by atoms with E-state index in [-0.39, 0.29) is 0 Å². The normalized spacial score (nSPS) is 10.9. The summed E-state index contributed by atoms with van der Waals surface area (Å²) in [5.41, 5.74) is 4.38. The van der Waals surface area contributed by atoms with E-state index in [0.29, 0.717) is 23.9 Å². The molecule has 0 bridgehead atoms. The molecule has 1 N–H and O–H groups in total. The Labute approximate surface area is 166 Å². The second kappa shape index (κ2) is 7.47. The van der Waals surface area contributed by atoms with Crippen LogP contribution in [-0.4, -0.2) is 25.1 Å². The summed E-state index contributed by atoms with van der Waals surface area (Å²) in [6, 6.07) is 19.7. The molecule has 3 heterocycles. The fraction of sp³-hybridized carbons (Fsp3) is 0.0455. The van der Waals surface area contributed by atoms with Gasteiger partial charge in [0.2, 0.25) is 5.95 Å². The summed E-state index contributed by atoms with van der Waals surface area (Å²) in [4.78, 5) is 17.2. The van der Waals surface area contributed by atoms with Crippen LogP contribution in [0, 0.1) is 0 Å². The van der Waals surface area contributed by atoms with Gasteiger partial charge in [-0.05, 0) is 29.8 Å². The van der Waals surface area contributed by atoms with Crippen molar-refractivity contribution in [2.24, 2.45) is 0 Å². The van der Waals surface area contributed by atoms with Crippen molar-refractivity contribution in [3.63, 3.8) is 0 Å². The Morgan fingerprint density at radius 3 is 2.62 bits per heavy atom. The number of benzene rings is 2. The van der Waals surface area contributed by atoms with Gasteiger partial charge in [0.25, 0.3) is 0 Å². The van der Waals surface area contributed by atoms with Crippen molar-refractivity contribution in [1.29, 1.82) is 0 Å². The molecule has 0 spiro atoms. The summed E-state index contributed by atoms with van der Waals surface area (Å²) in [6.45, 7) is 0.660. The van der Waals surface area contributed by atoms with E-state index in [1.165, 1.54) is 11.9 Å². The molecule has 5 aromatic rings. The fourth-order valence-corrected chi connectivity index (χ4v) is 3.09. The third kappa shape index (κ3) is 3.53. The molecule has 7 heteroatoms. The van der Waals surface area contributed by atoms with Gasteiger partial charge in [-0.1, -0.05) is 41.6 Å². The van der Waals surface area contributed by atoms with E-state index in [1.807, 2.05) is 42.5 Å². The number of rotatable bonds is 5.